The average Bonchev–Trinajstić information content (AvgIpc) is 3.22. The number of ether oxygens (including phenoxy) is 2. The zero-order valence-electron chi connectivity index (χ0n) is 18.3. The highest BCUT2D eigenvalue weighted by Gasteiger charge is 2.24. The Labute approximate surface area is 191 Å². The number of carbonyl (C=O) groups is 1. The molecule has 3 rings (SSSR count). The molecule has 0 spiro atoms. The van der Waals surface area contributed by atoms with E-state index in [0.717, 1.165) is 28.0 Å². The predicted molar refractivity (Wildman–Crippen MR) is 118 cm³/mol. The van der Waals surface area contributed by atoms with E-state index in [1.807, 2.05) is 36.4 Å². The lowest BCUT2D eigenvalue weighted by Crippen LogP contribution is -2.33. The number of hydrogen-bond donors (Lipinski definition) is 1. The van der Waals surface area contributed by atoms with Gasteiger partial charge in [0.1, 0.15) is 12.1 Å². The molecule has 11 heteroatoms. The fourth-order valence-corrected chi connectivity index (χ4v) is 3.42. The molecule has 10 nitrogen and oxygen atoms in total. The summed E-state index contributed by atoms with van der Waals surface area (Å²) < 4.78 is 11.7. The van der Waals surface area contributed by atoms with Crippen LogP contribution in [0, 0.1) is 11.3 Å². The SMILES string of the molecule is COc1ccc(CN2N=NC(c3ccc(SN(CC#N)C(=O)OC(C)(C)C)cc3)N2)cn1. The summed E-state index contributed by atoms with van der Waals surface area (Å²) in [6, 6.07) is 13.2. The maximum atomic E-state index is 12.3. The van der Waals surface area contributed by atoms with Gasteiger partial charge in [0.25, 0.3) is 0 Å². The van der Waals surface area contributed by atoms with E-state index in [9.17, 15) is 4.79 Å². The molecule has 168 valence electrons. The summed E-state index contributed by atoms with van der Waals surface area (Å²) >= 11 is 1.15. The van der Waals surface area contributed by atoms with Crippen LogP contribution in [0.1, 0.15) is 38.1 Å². The minimum absolute atomic E-state index is 0.0884. The Hall–Kier alpha value is -3.36. The number of amides is 1. The Bertz CT molecular complexity index is 984. The van der Waals surface area contributed by atoms with Crippen molar-refractivity contribution in [2.75, 3.05) is 13.7 Å². The summed E-state index contributed by atoms with van der Waals surface area (Å²) in [7, 11) is 1.57. The Morgan fingerprint density at radius 2 is 2.03 bits per heavy atom. The van der Waals surface area contributed by atoms with Gasteiger partial charge in [-0.25, -0.2) is 19.2 Å². The molecule has 0 fully saturated rings. The third kappa shape index (κ3) is 6.57. The number of aromatic nitrogens is 1. The van der Waals surface area contributed by atoms with Gasteiger partial charge in [0.15, 0.2) is 6.17 Å². The highest BCUT2D eigenvalue weighted by molar-refractivity contribution is 7.97. The van der Waals surface area contributed by atoms with Crippen molar-refractivity contribution in [1.82, 2.24) is 19.8 Å². The lowest BCUT2D eigenvalue weighted by molar-refractivity contribution is 0.0419. The minimum atomic E-state index is -0.637. The normalized spacial score (nSPS) is 15.3. The van der Waals surface area contributed by atoms with Crippen molar-refractivity contribution in [3.8, 4) is 11.9 Å². The number of nitrogens with one attached hydrogen (secondary N) is 1. The van der Waals surface area contributed by atoms with Gasteiger partial charge < -0.3 is 9.47 Å². The topological polar surface area (TPSA) is 115 Å². The van der Waals surface area contributed by atoms with Crippen molar-refractivity contribution in [1.29, 1.82) is 5.26 Å². The third-order valence-electron chi connectivity index (χ3n) is 4.11. The molecule has 1 N–H and O–H groups in total. The van der Waals surface area contributed by atoms with E-state index >= 15 is 0 Å². The molecule has 0 aliphatic carbocycles. The molecule has 1 unspecified atom stereocenters. The largest absolute Gasteiger partial charge is 0.481 e. The summed E-state index contributed by atoms with van der Waals surface area (Å²) in [5, 5.41) is 19.1. The molecule has 1 aromatic heterocycles. The van der Waals surface area contributed by atoms with Crippen LogP contribution in [0.3, 0.4) is 0 Å². The molecule has 1 aliphatic heterocycles. The Morgan fingerprint density at radius 1 is 1.28 bits per heavy atom. The highest BCUT2D eigenvalue weighted by Crippen LogP contribution is 2.28. The van der Waals surface area contributed by atoms with E-state index in [0.29, 0.717) is 12.4 Å². The van der Waals surface area contributed by atoms with Crippen LogP contribution in [-0.2, 0) is 11.3 Å². The van der Waals surface area contributed by atoms with Gasteiger partial charge >= 0.3 is 6.09 Å². The molecule has 1 aromatic carbocycles. The van der Waals surface area contributed by atoms with Crippen LogP contribution >= 0.6 is 11.9 Å². The molecular weight excluding hydrogens is 430 g/mol. The summed E-state index contributed by atoms with van der Waals surface area (Å²) in [5.74, 6) is 0.556. The summed E-state index contributed by atoms with van der Waals surface area (Å²) in [4.78, 5) is 17.3. The zero-order valence-corrected chi connectivity index (χ0v) is 19.2. The third-order valence-corrected chi connectivity index (χ3v) is 5.09. The highest BCUT2D eigenvalue weighted by atomic mass is 32.2. The molecule has 32 heavy (non-hydrogen) atoms. The van der Waals surface area contributed by atoms with Gasteiger partial charge in [0, 0.05) is 17.2 Å². The Morgan fingerprint density at radius 3 is 2.62 bits per heavy atom. The Kier molecular flexibility index (Phi) is 7.50. The molecule has 1 amide bonds. The first-order chi connectivity index (χ1) is 15.3. The molecule has 1 aliphatic rings. The summed E-state index contributed by atoms with van der Waals surface area (Å²) in [6.45, 7) is 5.77. The van der Waals surface area contributed by atoms with Crippen LogP contribution in [0.25, 0.3) is 0 Å². The van der Waals surface area contributed by atoms with Crippen LogP contribution in [0.5, 0.6) is 5.88 Å². The Balaban J connectivity index is 1.57. The summed E-state index contributed by atoms with van der Waals surface area (Å²) in [5.41, 5.74) is 4.46. The van der Waals surface area contributed by atoms with Crippen molar-refractivity contribution in [3.05, 3.63) is 53.7 Å². The first-order valence-electron chi connectivity index (χ1n) is 9.86. The molecule has 2 aromatic rings. The quantitative estimate of drug-likeness (QED) is 0.487. The number of rotatable bonds is 7. The van der Waals surface area contributed by atoms with Gasteiger partial charge in [-0.15, -0.1) is 5.11 Å². The fraction of sp³-hybridized carbons (Fsp3) is 0.381. The zero-order chi connectivity index (χ0) is 23.1. The number of nitriles is 1. The van der Waals surface area contributed by atoms with Gasteiger partial charge in [0.05, 0.1) is 19.7 Å². The van der Waals surface area contributed by atoms with Gasteiger partial charge in [-0.2, -0.15) is 10.7 Å². The molecular formula is C21H25N7O3S. The lowest BCUT2D eigenvalue weighted by Gasteiger charge is -2.25. The molecule has 1 atom stereocenters. The van der Waals surface area contributed by atoms with E-state index in [1.165, 1.54) is 4.31 Å². The summed E-state index contributed by atoms with van der Waals surface area (Å²) in [6.07, 6.45) is 0.858. The number of hydrazine groups is 1. The number of nitrogens with zero attached hydrogens (tertiary/aromatic N) is 6. The van der Waals surface area contributed by atoms with Crippen LogP contribution in [0.15, 0.2) is 57.8 Å². The first kappa shape index (κ1) is 23.3. The van der Waals surface area contributed by atoms with Gasteiger partial charge in [0.2, 0.25) is 5.88 Å². The second kappa shape index (κ2) is 10.3. The van der Waals surface area contributed by atoms with Crippen molar-refractivity contribution in [2.24, 2.45) is 10.3 Å². The molecule has 2 heterocycles. The van der Waals surface area contributed by atoms with Crippen LogP contribution < -0.4 is 10.2 Å². The lowest BCUT2D eigenvalue weighted by atomic mass is 10.2. The first-order valence-corrected chi connectivity index (χ1v) is 10.6. The number of hydrogen-bond acceptors (Lipinski definition) is 10. The minimum Gasteiger partial charge on any atom is -0.481 e. The molecule has 0 bridgehead atoms. The van der Waals surface area contributed by atoms with Crippen molar-refractivity contribution in [2.45, 2.75) is 44.0 Å². The monoisotopic (exact) mass is 455 g/mol. The van der Waals surface area contributed by atoms with E-state index in [4.69, 9.17) is 14.7 Å². The smallest absolute Gasteiger partial charge is 0.421 e. The van der Waals surface area contributed by atoms with E-state index in [-0.39, 0.29) is 12.7 Å². The van der Waals surface area contributed by atoms with Gasteiger partial charge in [-0.1, -0.05) is 23.4 Å². The van der Waals surface area contributed by atoms with Crippen molar-refractivity contribution in [3.63, 3.8) is 0 Å². The number of methoxy groups -OCH3 is 1. The van der Waals surface area contributed by atoms with E-state index in [2.05, 4.69) is 20.7 Å². The maximum absolute atomic E-state index is 12.3. The maximum Gasteiger partial charge on any atom is 0.421 e. The number of benzene rings is 1. The standard InChI is InChI=1S/C21H25N7O3S/c1-21(2,3)31-20(29)27(12-11-22)32-17-8-6-16(7-9-17)19-24-26-28(25-19)14-15-5-10-18(30-4)23-13-15/h5-10,13,19,25H,12,14H2,1-4H3. The van der Waals surface area contributed by atoms with Gasteiger partial charge in [-0.05, 0) is 56.0 Å². The molecule has 0 saturated heterocycles. The predicted octanol–water partition coefficient (Wildman–Crippen LogP) is 4.24. The van der Waals surface area contributed by atoms with Gasteiger partial charge in [-0.3, -0.25) is 0 Å². The van der Waals surface area contributed by atoms with E-state index < -0.39 is 11.7 Å². The van der Waals surface area contributed by atoms with Crippen LogP contribution in [-0.4, -0.2) is 39.8 Å². The van der Waals surface area contributed by atoms with Crippen molar-refractivity contribution < 1.29 is 14.3 Å². The van der Waals surface area contributed by atoms with Crippen LogP contribution in [0.2, 0.25) is 0 Å². The van der Waals surface area contributed by atoms with E-state index in [1.54, 1.807) is 45.3 Å². The molecule has 0 saturated carbocycles. The number of carbonyl (C=O) groups excluding carboxylic acids is 1. The average molecular weight is 456 g/mol. The molecule has 0 radical (unpaired) electrons. The fourth-order valence-electron chi connectivity index (χ4n) is 2.67. The van der Waals surface area contributed by atoms with Crippen LogP contribution in [0.4, 0.5) is 4.79 Å². The second-order valence-electron chi connectivity index (χ2n) is 7.84. The second-order valence-corrected chi connectivity index (χ2v) is 8.93. The van der Waals surface area contributed by atoms with Crippen molar-refractivity contribution >= 4 is 18.0 Å². The number of pyridine rings is 1.